The number of aryl methyl sites for hydroxylation is 1. The molecule has 7 heteroatoms. The third-order valence-electron chi connectivity index (χ3n) is 2.88. The van der Waals surface area contributed by atoms with Crippen LogP contribution in [0.4, 0.5) is 0 Å². The van der Waals surface area contributed by atoms with E-state index in [0.717, 1.165) is 28.6 Å². The third kappa shape index (κ3) is 3.28. The molecule has 21 heavy (non-hydrogen) atoms. The molecule has 3 rings (SSSR count). The van der Waals surface area contributed by atoms with Crippen LogP contribution in [0, 0.1) is 6.92 Å². The van der Waals surface area contributed by atoms with Crippen LogP contribution in [-0.2, 0) is 0 Å². The van der Waals surface area contributed by atoms with Crippen LogP contribution in [0.15, 0.2) is 29.3 Å². The van der Waals surface area contributed by atoms with E-state index in [-0.39, 0.29) is 5.91 Å². The lowest BCUT2D eigenvalue weighted by atomic mass is 10.2. The molecule has 108 valence electrons. The molecule has 1 amide bonds. The van der Waals surface area contributed by atoms with E-state index in [0.29, 0.717) is 15.1 Å². The van der Waals surface area contributed by atoms with Gasteiger partial charge in [-0.2, -0.15) is 0 Å². The van der Waals surface area contributed by atoms with E-state index in [9.17, 15) is 4.79 Å². The number of benzene rings is 1. The summed E-state index contributed by atoms with van der Waals surface area (Å²) in [4.78, 5) is 21.6. The Bertz CT molecular complexity index is 727. The SMILES string of the molecule is Cc1nc(-c2cccc(Cl)c2)sc1C(=O)NC1=NCCS1. The van der Waals surface area contributed by atoms with Gasteiger partial charge in [-0.1, -0.05) is 35.5 Å². The number of amides is 1. The standard InChI is InChI=1S/C14H12ClN3OS2/c1-8-11(12(19)18-14-16-5-6-20-14)21-13(17-8)9-3-2-4-10(15)7-9/h2-4,7H,5-6H2,1H3,(H,16,18,19). The van der Waals surface area contributed by atoms with Crippen LogP contribution in [0.3, 0.4) is 0 Å². The summed E-state index contributed by atoms with van der Waals surface area (Å²) in [5.74, 6) is 0.775. The zero-order valence-corrected chi connectivity index (χ0v) is 13.6. The molecule has 0 spiro atoms. The number of amidine groups is 1. The van der Waals surface area contributed by atoms with Crippen molar-refractivity contribution in [2.75, 3.05) is 12.3 Å². The minimum Gasteiger partial charge on any atom is -0.301 e. The predicted molar refractivity (Wildman–Crippen MR) is 89.5 cm³/mol. The average Bonchev–Trinajstić information content (AvgIpc) is 3.08. The minimum atomic E-state index is -0.147. The van der Waals surface area contributed by atoms with Crippen molar-refractivity contribution in [2.45, 2.75) is 6.92 Å². The number of carbonyl (C=O) groups excluding carboxylic acids is 1. The summed E-state index contributed by atoms with van der Waals surface area (Å²) < 4.78 is 0. The first kappa shape index (κ1) is 14.6. The van der Waals surface area contributed by atoms with Gasteiger partial charge in [-0.15, -0.1) is 11.3 Å². The maximum absolute atomic E-state index is 12.3. The first-order valence-electron chi connectivity index (χ1n) is 6.35. The Morgan fingerprint density at radius 2 is 2.29 bits per heavy atom. The average molecular weight is 338 g/mol. The number of halogens is 1. The fourth-order valence-corrected chi connectivity index (χ4v) is 3.79. The number of nitrogens with one attached hydrogen (secondary N) is 1. The molecule has 0 saturated heterocycles. The second-order valence-corrected chi connectivity index (χ2v) is 6.95. The first-order chi connectivity index (χ1) is 10.1. The lowest BCUT2D eigenvalue weighted by molar-refractivity contribution is 0.0981. The minimum absolute atomic E-state index is 0.147. The largest absolute Gasteiger partial charge is 0.301 e. The molecule has 0 atom stereocenters. The van der Waals surface area contributed by atoms with Crippen LogP contribution >= 0.6 is 34.7 Å². The normalized spacial score (nSPS) is 14.1. The molecule has 0 fully saturated rings. The van der Waals surface area contributed by atoms with Crippen LogP contribution < -0.4 is 5.32 Å². The molecular formula is C14H12ClN3OS2. The Labute approximate surface area is 135 Å². The van der Waals surface area contributed by atoms with Crippen molar-refractivity contribution in [2.24, 2.45) is 4.99 Å². The van der Waals surface area contributed by atoms with Gasteiger partial charge in [0.1, 0.15) is 9.88 Å². The van der Waals surface area contributed by atoms with Gasteiger partial charge in [0.05, 0.1) is 12.2 Å². The van der Waals surface area contributed by atoms with Gasteiger partial charge in [0.15, 0.2) is 5.17 Å². The number of aliphatic imine (C=N–C) groups is 1. The van der Waals surface area contributed by atoms with Crippen molar-refractivity contribution in [1.82, 2.24) is 10.3 Å². The fraction of sp³-hybridized carbons (Fsp3) is 0.214. The number of carbonyl (C=O) groups is 1. The maximum Gasteiger partial charge on any atom is 0.269 e. The van der Waals surface area contributed by atoms with Crippen LogP contribution in [-0.4, -0.2) is 28.4 Å². The number of rotatable bonds is 2. The highest BCUT2D eigenvalue weighted by Crippen LogP contribution is 2.29. The Morgan fingerprint density at radius 1 is 1.43 bits per heavy atom. The topological polar surface area (TPSA) is 54.4 Å². The van der Waals surface area contributed by atoms with Crippen LogP contribution in [0.5, 0.6) is 0 Å². The van der Waals surface area contributed by atoms with Crippen molar-refractivity contribution in [3.63, 3.8) is 0 Å². The highest BCUT2D eigenvalue weighted by Gasteiger charge is 2.19. The molecular weight excluding hydrogens is 326 g/mol. The van der Waals surface area contributed by atoms with Gasteiger partial charge < -0.3 is 5.32 Å². The highest BCUT2D eigenvalue weighted by atomic mass is 35.5. The summed E-state index contributed by atoms with van der Waals surface area (Å²) in [5.41, 5.74) is 1.64. The van der Waals surface area contributed by atoms with Crippen molar-refractivity contribution in [1.29, 1.82) is 0 Å². The molecule has 0 aliphatic carbocycles. The molecule has 0 bridgehead atoms. The van der Waals surface area contributed by atoms with E-state index >= 15 is 0 Å². The van der Waals surface area contributed by atoms with E-state index < -0.39 is 0 Å². The molecule has 0 unspecified atom stereocenters. The zero-order valence-electron chi connectivity index (χ0n) is 11.2. The Morgan fingerprint density at radius 3 is 3.00 bits per heavy atom. The molecule has 1 aromatic carbocycles. The van der Waals surface area contributed by atoms with Gasteiger partial charge in [0.25, 0.3) is 5.91 Å². The monoisotopic (exact) mass is 337 g/mol. The van der Waals surface area contributed by atoms with E-state index in [1.807, 2.05) is 31.2 Å². The lowest BCUT2D eigenvalue weighted by Crippen LogP contribution is -2.27. The molecule has 0 radical (unpaired) electrons. The van der Waals surface area contributed by atoms with E-state index in [1.54, 1.807) is 11.8 Å². The number of hydrogen-bond acceptors (Lipinski definition) is 5. The molecule has 0 saturated carbocycles. The zero-order chi connectivity index (χ0) is 14.8. The summed E-state index contributed by atoms with van der Waals surface area (Å²) in [6, 6.07) is 7.47. The number of thioether (sulfide) groups is 1. The van der Waals surface area contributed by atoms with Crippen LogP contribution in [0.1, 0.15) is 15.4 Å². The van der Waals surface area contributed by atoms with Gasteiger partial charge in [-0.05, 0) is 19.1 Å². The lowest BCUT2D eigenvalue weighted by Gasteiger charge is -2.01. The molecule has 1 aliphatic rings. The van der Waals surface area contributed by atoms with Crippen molar-refractivity contribution >= 4 is 45.8 Å². The van der Waals surface area contributed by atoms with Crippen LogP contribution in [0.2, 0.25) is 5.02 Å². The smallest absolute Gasteiger partial charge is 0.269 e. The van der Waals surface area contributed by atoms with E-state index in [2.05, 4.69) is 15.3 Å². The van der Waals surface area contributed by atoms with Gasteiger partial charge in [-0.25, -0.2) is 4.98 Å². The van der Waals surface area contributed by atoms with Crippen molar-refractivity contribution in [3.8, 4) is 10.6 Å². The second-order valence-electron chi connectivity index (χ2n) is 4.43. The Balaban J connectivity index is 1.85. The quantitative estimate of drug-likeness (QED) is 0.910. The molecule has 2 heterocycles. The summed E-state index contributed by atoms with van der Waals surface area (Å²) in [6.45, 7) is 2.60. The first-order valence-corrected chi connectivity index (χ1v) is 8.53. The molecule has 1 N–H and O–H groups in total. The summed E-state index contributed by atoms with van der Waals surface area (Å²) in [5, 5.41) is 4.97. The molecule has 1 aromatic heterocycles. The summed E-state index contributed by atoms with van der Waals surface area (Å²) >= 11 is 8.92. The van der Waals surface area contributed by atoms with Crippen molar-refractivity contribution < 1.29 is 4.79 Å². The molecule has 2 aromatic rings. The Hall–Kier alpha value is -1.37. The number of nitrogens with zero attached hydrogens (tertiary/aromatic N) is 2. The van der Waals surface area contributed by atoms with E-state index in [1.165, 1.54) is 11.3 Å². The summed E-state index contributed by atoms with van der Waals surface area (Å²) in [6.07, 6.45) is 0. The predicted octanol–water partition coefficient (Wildman–Crippen LogP) is 3.60. The fourth-order valence-electron chi connectivity index (χ4n) is 1.92. The van der Waals surface area contributed by atoms with E-state index in [4.69, 9.17) is 11.6 Å². The van der Waals surface area contributed by atoms with Crippen molar-refractivity contribution in [3.05, 3.63) is 39.9 Å². The highest BCUT2D eigenvalue weighted by molar-refractivity contribution is 8.14. The second kappa shape index (κ2) is 6.17. The summed E-state index contributed by atoms with van der Waals surface area (Å²) in [7, 11) is 0. The van der Waals surface area contributed by atoms with Gasteiger partial charge >= 0.3 is 0 Å². The van der Waals surface area contributed by atoms with Gasteiger partial charge in [0, 0.05) is 16.3 Å². The number of aromatic nitrogens is 1. The van der Waals surface area contributed by atoms with Crippen LogP contribution in [0.25, 0.3) is 10.6 Å². The molecule has 4 nitrogen and oxygen atoms in total. The third-order valence-corrected chi connectivity index (χ3v) is 5.21. The Kier molecular flexibility index (Phi) is 4.28. The van der Waals surface area contributed by atoms with Gasteiger partial charge in [-0.3, -0.25) is 9.79 Å². The maximum atomic E-state index is 12.3. The number of thiazole rings is 1. The number of hydrogen-bond donors (Lipinski definition) is 1. The molecule has 1 aliphatic heterocycles. The van der Waals surface area contributed by atoms with Gasteiger partial charge in [0.2, 0.25) is 0 Å².